The molecular weight excluding hydrogens is 450 g/mol. The van der Waals surface area contributed by atoms with E-state index in [2.05, 4.69) is 24.3 Å². The molecule has 0 saturated heterocycles. The topological polar surface area (TPSA) is 82.5 Å². The van der Waals surface area contributed by atoms with E-state index in [-0.39, 0.29) is 30.4 Å². The van der Waals surface area contributed by atoms with Gasteiger partial charge in [-0.15, -0.1) is 11.3 Å². The first-order valence-corrected chi connectivity index (χ1v) is 12.6. The van der Waals surface area contributed by atoms with Gasteiger partial charge in [0.1, 0.15) is 10.8 Å². The lowest BCUT2D eigenvalue weighted by molar-refractivity contribution is 0.0378. The van der Waals surface area contributed by atoms with Crippen molar-refractivity contribution in [2.45, 2.75) is 72.1 Å². The number of nitrogens with zero attached hydrogens (tertiary/aromatic N) is 2. The summed E-state index contributed by atoms with van der Waals surface area (Å²) < 4.78 is 12.8. The van der Waals surface area contributed by atoms with Crippen LogP contribution in [0.15, 0.2) is 36.5 Å². The number of thiophene rings is 1. The van der Waals surface area contributed by atoms with E-state index < -0.39 is 0 Å². The fraction of sp³-hybridized carbons (Fsp3) is 0.423. The van der Waals surface area contributed by atoms with Gasteiger partial charge in [0.2, 0.25) is 0 Å². The van der Waals surface area contributed by atoms with Crippen molar-refractivity contribution in [2.75, 3.05) is 5.32 Å². The van der Waals surface area contributed by atoms with Crippen LogP contribution in [-0.2, 0) is 24.3 Å². The molecule has 1 aromatic carbocycles. The largest absolute Gasteiger partial charge is 0.471 e. The maximum absolute atomic E-state index is 12.9. The number of hydrogen-bond donors (Lipinski definition) is 1. The van der Waals surface area contributed by atoms with Crippen LogP contribution in [0.1, 0.15) is 83.3 Å². The molecule has 180 valence electrons. The Morgan fingerprint density at radius 1 is 1.09 bits per heavy atom. The molecule has 2 aromatic heterocycles. The Kier molecular flexibility index (Phi) is 7.36. The molecule has 0 aliphatic heterocycles. The van der Waals surface area contributed by atoms with Crippen LogP contribution in [0, 0.1) is 0 Å². The highest BCUT2D eigenvalue weighted by Gasteiger charge is 2.28. The number of esters is 1. The van der Waals surface area contributed by atoms with E-state index in [9.17, 15) is 9.59 Å². The van der Waals surface area contributed by atoms with E-state index in [4.69, 9.17) is 9.47 Å². The van der Waals surface area contributed by atoms with Gasteiger partial charge in [-0.1, -0.05) is 26.0 Å². The minimum absolute atomic E-state index is 0.188. The standard InChI is InChI=1S/C26H31N3O4S/c1-16(2)18-9-11-19(12-10-18)32-15-29-14-13-21(28-29)24(30)27-25-23(26(31)33-17(3)4)20-7-5-6-8-22(20)34-25/h9-14,16-17H,5-8,15H2,1-4H3,(H,27,30). The summed E-state index contributed by atoms with van der Waals surface area (Å²) in [5.74, 6) is 0.454. The second-order valence-electron chi connectivity index (χ2n) is 9.06. The van der Waals surface area contributed by atoms with E-state index in [0.29, 0.717) is 16.5 Å². The van der Waals surface area contributed by atoms with E-state index in [1.165, 1.54) is 16.9 Å². The maximum atomic E-state index is 12.9. The zero-order chi connectivity index (χ0) is 24.2. The van der Waals surface area contributed by atoms with E-state index in [1.807, 2.05) is 38.1 Å². The third-order valence-electron chi connectivity index (χ3n) is 5.73. The molecule has 0 spiro atoms. The number of aryl methyl sites for hydroxylation is 1. The van der Waals surface area contributed by atoms with Crippen molar-refractivity contribution in [3.63, 3.8) is 0 Å². The number of amides is 1. The minimum atomic E-state index is -0.382. The van der Waals surface area contributed by atoms with E-state index in [1.54, 1.807) is 16.9 Å². The molecule has 2 heterocycles. The number of nitrogens with one attached hydrogen (secondary N) is 1. The van der Waals surface area contributed by atoms with Gasteiger partial charge in [-0.3, -0.25) is 4.79 Å². The summed E-state index contributed by atoms with van der Waals surface area (Å²) in [5.41, 5.74) is 3.01. The fourth-order valence-corrected chi connectivity index (χ4v) is 5.23. The molecule has 3 aromatic rings. The summed E-state index contributed by atoms with van der Waals surface area (Å²) in [6, 6.07) is 9.60. The Bertz CT molecular complexity index is 1160. The van der Waals surface area contributed by atoms with Crippen LogP contribution in [0.2, 0.25) is 0 Å². The summed E-state index contributed by atoms with van der Waals surface area (Å²) >= 11 is 1.47. The Morgan fingerprint density at radius 2 is 1.82 bits per heavy atom. The monoisotopic (exact) mass is 481 g/mol. The quantitative estimate of drug-likeness (QED) is 0.411. The molecule has 1 amide bonds. The number of anilines is 1. The average Bonchev–Trinajstić information content (AvgIpc) is 3.42. The summed E-state index contributed by atoms with van der Waals surface area (Å²) in [6.07, 6.45) is 5.34. The van der Waals surface area contributed by atoms with Crippen molar-refractivity contribution < 1.29 is 19.1 Å². The SMILES string of the molecule is CC(C)OC(=O)c1c(NC(=O)c2ccn(COc3ccc(C(C)C)cc3)n2)sc2c1CCCC2. The second kappa shape index (κ2) is 10.4. The Morgan fingerprint density at radius 3 is 2.53 bits per heavy atom. The van der Waals surface area contributed by atoms with Gasteiger partial charge in [0.15, 0.2) is 12.4 Å². The Hall–Kier alpha value is -3.13. The fourth-order valence-electron chi connectivity index (χ4n) is 3.95. The Balaban J connectivity index is 1.44. The molecule has 4 rings (SSSR count). The van der Waals surface area contributed by atoms with Crippen molar-refractivity contribution >= 4 is 28.2 Å². The smallest absolute Gasteiger partial charge is 0.341 e. The third-order valence-corrected chi connectivity index (χ3v) is 6.94. The van der Waals surface area contributed by atoms with Crippen molar-refractivity contribution in [3.8, 4) is 5.75 Å². The van der Waals surface area contributed by atoms with Crippen LogP contribution < -0.4 is 10.1 Å². The van der Waals surface area contributed by atoms with Gasteiger partial charge in [0.05, 0.1) is 11.7 Å². The molecule has 0 fully saturated rings. The van der Waals surface area contributed by atoms with Gasteiger partial charge >= 0.3 is 5.97 Å². The molecule has 0 bridgehead atoms. The lowest BCUT2D eigenvalue weighted by Crippen LogP contribution is -2.18. The van der Waals surface area contributed by atoms with Crippen LogP contribution >= 0.6 is 11.3 Å². The zero-order valence-electron chi connectivity index (χ0n) is 20.1. The van der Waals surface area contributed by atoms with Crippen molar-refractivity contribution in [3.05, 3.63) is 63.8 Å². The lowest BCUT2D eigenvalue weighted by atomic mass is 9.95. The Labute approximate surface area is 204 Å². The minimum Gasteiger partial charge on any atom is -0.471 e. The number of aromatic nitrogens is 2. The number of hydrogen-bond acceptors (Lipinski definition) is 6. The maximum Gasteiger partial charge on any atom is 0.341 e. The number of ether oxygens (including phenoxy) is 2. The van der Waals surface area contributed by atoms with Gasteiger partial charge in [-0.25, -0.2) is 9.48 Å². The molecule has 0 radical (unpaired) electrons. The predicted molar refractivity (Wildman–Crippen MR) is 133 cm³/mol. The van der Waals surface area contributed by atoms with Crippen molar-refractivity contribution in [2.24, 2.45) is 0 Å². The predicted octanol–water partition coefficient (Wildman–Crippen LogP) is 5.80. The first kappa shape index (κ1) is 24.0. The molecule has 0 atom stereocenters. The van der Waals surface area contributed by atoms with Gasteiger partial charge in [0.25, 0.3) is 5.91 Å². The highest BCUT2D eigenvalue weighted by atomic mass is 32.1. The average molecular weight is 482 g/mol. The molecule has 8 heteroatoms. The summed E-state index contributed by atoms with van der Waals surface area (Å²) in [4.78, 5) is 26.9. The van der Waals surface area contributed by atoms with Crippen LogP contribution in [0.25, 0.3) is 0 Å². The summed E-state index contributed by atoms with van der Waals surface area (Å²) in [7, 11) is 0. The highest BCUT2D eigenvalue weighted by Crippen LogP contribution is 2.39. The number of fused-ring (bicyclic) bond motifs is 1. The van der Waals surface area contributed by atoms with Crippen molar-refractivity contribution in [1.82, 2.24) is 9.78 Å². The van der Waals surface area contributed by atoms with Crippen LogP contribution in [0.4, 0.5) is 5.00 Å². The molecule has 7 nitrogen and oxygen atoms in total. The number of carbonyl (C=O) groups excluding carboxylic acids is 2. The van der Waals surface area contributed by atoms with Crippen LogP contribution in [0.3, 0.4) is 0 Å². The molecular formula is C26H31N3O4S. The molecule has 0 unspecified atom stereocenters. The lowest BCUT2D eigenvalue weighted by Gasteiger charge is -2.14. The van der Waals surface area contributed by atoms with Gasteiger partial charge in [-0.05, 0) is 74.8 Å². The number of rotatable bonds is 8. The van der Waals surface area contributed by atoms with E-state index >= 15 is 0 Å². The van der Waals surface area contributed by atoms with Gasteiger partial charge in [0, 0.05) is 11.1 Å². The number of carbonyl (C=O) groups is 2. The van der Waals surface area contributed by atoms with Crippen LogP contribution in [-0.4, -0.2) is 27.8 Å². The first-order valence-electron chi connectivity index (χ1n) is 11.7. The first-order chi connectivity index (χ1) is 16.3. The highest BCUT2D eigenvalue weighted by molar-refractivity contribution is 7.17. The van der Waals surface area contributed by atoms with Gasteiger partial charge in [-0.2, -0.15) is 5.10 Å². The molecule has 1 aliphatic rings. The normalized spacial score (nSPS) is 13.1. The van der Waals surface area contributed by atoms with Crippen LogP contribution in [0.5, 0.6) is 5.75 Å². The molecule has 1 N–H and O–H groups in total. The third kappa shape index (κ3) is 5.50. The molecule has 0 saturated carbocycles. The van der Waals surface area contributed by atoms with E-state index in [0.717, 1.165) is 41.9 Å². The molecule has 34 heavy (non-hydrogen) atoms. The zero-order valence-corrected chi connectivity index (χ0v) is 20.9. The second-order valence-corrected chi connectivity index (χ2v) is 10.2. The number of benzene rings is 1. The molecule has 1 aliphatic carbocycles. The summed E-state index contributed by atoms with van der Waals surface area (Å²) in [5, 5.41) is 7.78. The van der Waals surface area contributed by atoms with Crippen molar-refractivity contribution in [1.29, 1.82) is 0 Å². The van der Waals surface area contributed by atoms with Gasteiger partial charge < -0.3 is 14.8 Å². The summed E-state index contributed by atoms with van der Waals surface area (Å²) in [6.45, 7) is 8.12.